The highest BCUT2D eigenvalue weighted by molar-refractivity contribution is 4.85. The molecule has 0 bridgehead atoms. The van der Waals surface area contributed by atoms with Gasteiger partial charge in [0.2, 0.25) is 12.3 Å². The zero-order chi connectivity index (χ0) is 9.10. The predicted octanol–water partition coefficient (Wildman–Crippen LogP) is 0.463. The van der Waals surface area contributed by atoms with Crippen LogP contribution in [0.25, 0.3) is 0 Å². The van der Waals surface area contributed by atoms with E-state index in [0.717, 1.165) is 26.3 Å². The minimum Gasteiger partial charge on any atom is -0.426 e. The number of hydrogen-bond acceptors (Lipinski definition) is 5. The third kappa shape index (κ3) is 1.87. The van der Waals surface area contributed by atoms with Crippen molar-refractivity contribution in [1.82, 2.24) is 15.1 Å². The van der Waals surface area contributed by atoms with Crippen LogP contribution in [0.3, 0.4) is 0 Å². The van der Waals surface area contributed by atoms with Crippen molar-refractivity contribution in [2.45, 2.75) is 13.0 Å². The summed E-state index contributed by atoms with van der Waals surface area (Å²) < 4.78 is 10.4. The molecular weight excluding hydrogens is 170 g/mol. The lowest BCUT2D eigenvalue weighted by Crippen LogP contribution is -2.38. The number of morpholine rings is 1. The maximum Gasteiger partial charge on any atom is 0.233 e. The van der Waals surface area contributed by atoms with Crippen LogP contribution in [0, 0.1) is 0 Å². The first kappa shape index (κ1) is 8.65. The molecule has 0 radical (unpaired) electrons. The summed E-state index contributed by atoms with van der Waals surface area (Å²) in [5, 5.41) is 7.56. The third-order valence-corrected chi connectivity index (χ3v) is 2.33. The van der Waals surface area contributed by atoms with Crippen LogP contribution in [0.5, 0.6) is 0 Å². The fraction of sp³-hybridized carbons (Fsp3) is 0.750. The second-order valence-corrected chi connectivity index (χ2v) is 3.10. The van der Waals surface area contributed by atoms with Crippen LogP contribution in [0.4, 0.5) is 0 Å². The maximum absolute atomic E-state index is 5.26. The molecule has 5 heteroatoms. The van der Waals surface area contributed by atoms with Crippen LogP contribution >= 0.6 is 0 Å². The number of aromatic nitrogens is 2. The van der Waals surface area contributed by atoms with E-state index in [-0.39, 0.29) is 6.04 Å². The van der Waals surface area contributed by atoms with Gasteiger partial charge in [0.25, 0.3) is 0 Å². The summed E-state index contributed by atoms with van der Waals surface area (Å²) in [6, 6.07) is 0.200. The van der Waals surface area contributed by atoms with Crippen molar-refractivity contribution in [3.05, 3.63) is 12.3 Å². The maximum atomic E-state index is 5.26. The molecule has 0 saturated carbocycles. The molecule has 0 N–H and O–H groups in total. The van der Waals surface area contributed by atoms with Gasteiger partial charge in [0, 0.05) is 13.1 Å². The normalized spacial score (nSPS) is 21.6. The molecule has 0 aromatic carbocycles. The molecule has 1 aliphatic rings. The zero-order valence-electron chi connectivity index (χ0n) is 7.64. The standard InChI is InChI=1S/C8H13N3O2/c1-7(8-10-9-6-13-8)11-2-4-12-5-3-11/h6-7H,2-5H2,1H3/t7-/m1/s1. The molecule has 0 unspecified atom stereocenters. The molecule has 1 atom stereocenters. The van der Waals surface area contributed by atoms with Crippen molar-refractivity contribution in [3.8, 4) is 0 Å². The molecule has 1 aliphatic heterocycles. The van der Waals surface area contributed by atoms with Gasteiger partial charge < -0.3 is 9.15 Å². The largest absolute Gasteiger partial charge is 0.426 e. The molecule has 1 aromatic heterocycles. The lowest BCUT2D eigenvalue weighted by atomic mass is 10.2. The summed E-state index contributed by atoms with van der Waals surface area (Å²) in [7, 11) is 0. The molecule has 0 spiro atoms. The van der Waals surface area contributed by atoms with Crippen LogP contribution in [-0.4, -0.2) is 41.4 Å². The van der Waals surface area contributed by atoms with E-state index in [1.165, 1.54) is 6.39 Å². The van der Waals surface area contributed by atoms with Crippen molar-refractivity contribution in [2.75, 3.05) is 26.3 Å². The highest BCUT2D eigenvalue weighted by Crippen LogP contribution is 2.18. The Bertz CT molecular complexity index is 244. The minimum absolute atomic E-state index is 0.200. The Morgan fingerprint density at radius 3 is 2.85 bits per heavy atom. The second kappa shape index (κ2) is 3.85. The van der Waals surface area contributed by atoms with Crippen molar-refractivity contribution in [3.63, 3.8) is 0 Å². The molecule has 0 amide bonds. The van der Waals surface area contributed by atoms with E-state index in [0.29, 0.717) is 5.89 Å². The van der Waals surface area contributed by atoms with Crippen LogP contribution < -0.4 is 0 Å². The van der Waals surface area contributed by atoms with E-state index in [2.05, 4.69) is 22.0 Å². The van der Waals surface area contributed by atoms with Gasteiger partial charge in [-0.3, -0.25) is 4.90 Å². The molecule has 2 rings (SSSR count). The van der Waals surface area contributed by atoms with E-state index >= 15 is 0 Å². The van der Waals surface area contributed by atoms with Gasteiger partial charge in [-0.1, -0.05) is 0 Å². The average molecular weight is 183 g/mol. The Morgan fingerprint density at radius 2 is 2.23 bits per heavy atom. The van der Waals surface area contributed by atoms with E-state index in [4.69, 9.17) is 9.15 Å². The first-order chi connectivity index (χ1) is 6.38. The first-order valence-electron chi connectivity index (χ1n) is 4.46. The molecule has 72 valence electrons. The van der Waals surface area contributed by atoms with E-state index in [1.807, 2.05) is 0 Å². The second-order valence-electron chi connectivity index (χ2n) is 3.10. The monoisotopic (exact) mass is 183 g/mol. The Labute approximate surface area is 76.7 Å². The molecule has 13 heavy (non-hydrogen) atoms. The Hall–Kier alpha value is -0.940. The van der Waals surface area contributed by atoms with Crippen molar-refractivity contribution in [2.24, 2.45) is 0 Å². The molecule has 1 aromatic rings. The quantitative estimate of drug-likeness (QED) is 0.666. The van der Waals surface area contributed by atoms with Gasteiger partial charge in [-0.15, -0.1) is 10.2 Å². The number of nitrogens with zero attached hydrogens (tertiary/aromatic N) is 3. The smallest absolute Gasteiger partial charge is 0.233 e. The van der Waals surface area contributed by atoms with Crippen molar-refractivity contribution in [1.29, 1.82) is 0 Å². The zero-order valence-corrected chi connectivity index (χ0v) is 7.64. The minimum atomic E-state index is 0.200. The summed E-state index contributed by atoms with van der Waals surface area (Å²) in [4.78, 5) is 2.27. The average Bonchev–Trinajstić information content (AvgIpc) is 2.71. The SMILES string of the molecule is C[C@H](c1nnco1)N1CCOCC1. The fourth-order valence-corrected chi connectivity index (χ4v) is 1.48. The third-order valence-electron chi connectivity index (χ3n) is 2.33. The van der Waals surface area contributed by atoms with Gasteiger partial charge in [0.05, 0.1) is 19.3 Å². The molecule has 1 fully saturated rings. The van der Waals surface area contributed by atoms with E-state index < -0.39 is 0 Å². The lowest BCUT2D eigenvalue weighted by molar-refractivity contribution is 0.0145. The predicted molar refractivity (Wildman–Crippen MR) is 45.1 cm³/mol. The molecule has 2 heterocycles. The topological polar surface area (TPSA) is 51.4 Å². The highest BCUT2D eigenvalue weighted by Gasteiger charge is 2.21. The summed E-state index contributed by atoms with van der Waals surface area (Å²) in [6.07, 6.45) is 1.37. The van der Waals surface area contributed by atoms with Crippen molar-refractivity contribution >= 4 is 0 Å². The number of rotatable bonds is 2. The van der Waals surface area contributed by atoms with Gasteiger partial charge in [0.1, 0.15) is 0 Å². The molecule has 5 nitrogen and oxygen atoms in total. The van der Waals surface area contributed by atoms with Gasteiger partial charge in [0.15, 0.2) is 0 Å². The van der Waals surface area contributed by atoms with Gasteiger partial charge in [-0.2, -0.15) is 0 Å². The summed E-state index contributed by atoms with van der Waals surface area (Å²) in [5.41, 5.74) is 0. The highest BCUT2D eigenvalue weighted by atomic mass is 16.5. The Kier molecular flexibility index (Phi) is 2.56. The molecule has 1 saturated heterocycles. The van der Waals surface area contributed by atoms with Gasteiger partial charge in [-0.05, 0) is 6.92 Å². The van der Waals surface area contributed by atoms with Crippen LogP contribution in [-0.2, 0) is 4.74 Å². The van der Waals surface area contributed by atoms with Crippen LogP contribution in [0.15, 0.2) is 10.8 Å². The molecular formula is C8H13N3O2. The summed E-state index contributed by atoms with van der Waals surface area (Å²) >= 11 is 0. The summed E-state index contributed by atoms with van der Waals surface area (Å²) in [6.45, 7) is 5.52. The number of ether oxygens (including phenoxy) is 1. The molecule has 0 aliphatic carbocycles. The van der Waals surface area contributed by atoms with Crippen molar-refractivity contribution < 1.29 is 9.15 Å². The van der Waals surface area contributed by atoms with Crippen LogP contribution in [0.1, 0.15) is 18.9 Å². The van der Waals surface area contributed by atoms with Gasteiger partial charge in [-0.25, -0.2) is 0 Å². The van der Waals surface area contributed by atoms with Crippen LogP contribution in [0.2, 0.25) is 0 Å². The van der Waals surface area contributed by atoms with E-state index in [1.54, 1.807) is 0 Å². The summed E-state index contributed by atoms with van der Waals surface area (Å²) in [5.74, 6) is 0.682. The van der Waals surface area contributed by atoms with E-state index in [9.17, 15) is 0 Å². The lowest BCUT2D eigenvalue weighted by Gasteiger charge is -2.30. The first-order valence-corrected chi connectivity index (χ1v) is 4.46. The Morgan fingerprint density at radius 1 is 1.46 bits per heavy atom. The number of hydrogen-bond donors (Lipinski definition) is 0. The van der Waals surface area contributed by atoms with Gasteiger partial charge >= 0.3 is 0 Å². The fourth-order valence-electron chi connectivity index (χ4n) is 1.48. The Balaban J connectivity index is 1.99.